The van der Waals surface area contributed by atoms with Crippen LogP contribution >= 0.6 is 0 Å². The van der Waals surface area contributed by atoms with Crippen molar-refractivity contribution in [2.75, 3.05) is 50.9 Å². The van der Waals surface area contributed by atoms with Crippen LogP contribution in [0.4, 0.5) is 5.82 Å². The molecule has 29 heavy (non-hydrogen) atoms. The Hall–Kier alpha value is -2.91. The van der Waals surface area contributed by atoms with Crippen molar-refractivity contribution in [2.24, 2.45) is 7.05 Å². The average molecular weight is 396 g/mol. The van der Waals surface area contributed by atoms with Crippen molar-refractivity contribution < 1.29 is 14.3 Å². The summed E-state index contributed by atoms with van der Waals surface area (Å²) in [5.74, 6) is 1.03. The summed E-state index contributed by atoms with van der Waals surface area (Å²) in [6.45, 7) is 4.68. The van der Waals surface area contributed by atoms with E-state index < -0.39 is 0 Å². The Balaban J connectivity index is 1.39. The van der Waals surface area contributed by atoms with Crippen LogP contribution in [0.25, 0.3) is 5.65 Å². The zero-order valence-electron chi connectivity index (χ0n) is 16.4. The predicted octanol–water partition coefficient (Wildman–Crippen LogP) is 1.12. The fourth-order valence-corrected chi connectivity index (χ4v) is 3.92. The molecule has 2 aliphatic rings. The molecular weight excluding hydrogens is 372 g/mol. The van der Waals surface area contributed by atoms with Gasteiger partial charge in [0.2, 0.25) is 0 Å². The van der Waals surface area contributed by atoms with E-state index in [-0.39, 0.29) is 12.0 Å². The van der Waals surface area contributed by atoms with Crippen molar-refractivity contribution >= 4 is 17.4 Å². The minimum atomic E-state index is -0.256. The number of aromatic nitrogens is 4. The van der Waals surface area contributed by atoms with Gasteiger partial charge in [0.05, 0.1) is 32.1 Å². The summed E-state index contributed by atoms with van der Waals surface area (Å²) in [6.07, 6.45) is 3.55. The monoisotopic (exact) mass is 396 g/mol. The lowest BCUT2D eigenvalue weighted by Crippen LogP contribution is -2.42. The fourth-order valence-electron chi connectivity index (χ4n) is 3.92. The molecule has 0 saturated carbocycles. The number of pyridine rings is 1. The predicted molar refractivity (Wildman–Crippen MR) is 106 cm³/mol. The van der Waals surface area contributed by atoms with Crippen molar-refractivity contribution in [1.29, 1.82) is 0 Å². The van der Waals surface area contributed by atoms with E-state index in [1.54, 1.807) is 21.8 Å². The van der Waals surface area contributed by atoms with Gasteiger partial charge in [-0.05, 0) is 18.2 Å². The number of amides is 1. The summed E-state index contributed by atoms with van der Waals surface area (Å²) >= 11 is 0. The Bertz CT molecular complexity index is 1020. The van der Waals surface area contributed by atoms with Crippen LogP contribution in [-0.4, -0.2) is 76.0 Å². The van der Waals surface area contributed by atoms with Crippen LogP contribution in [0.1, 0.15) is 22.3 Å². The molecule has 2 saturated heterocycles. The molecule has 1 amide bonds. The van der Waals surface area contributed by atoms with Gasteiger partial charge in [-0.1, -0.05) is 6.07 Å². The number of hydrogen-bond acceptors (Lipinski definition) is 6. The standard InChI is InChI=1S/C20H24N6O3/c1-23-6-5-15(22-23)20(27)25-9-12-29-17(14-25)16-13-26-18(21-16)3-2-4-19(26)24-7-10-28-11-8-24/h2-6,13,17H,7-12,14H2,1H3/t17-/m1/s1. The van der Waals surface area contributed by atoms with E-state index in [0.717, 1.165) is 43.5 Å². The number of rotatable bonds is 3. The largest absolute Gasteiger partial charge is 0.378 e. The highest BCUT2D eigenvalue weighted by Crippen LogP contribution is 2.26. The third-order valence-electron chi connectivity index (χ3n) is 5.44. The highest BCUT2D eigenvalue weighted by molar-refractivity contribution is 5.92. The van der Waals surface area contributed by atoms with Crippen LogP contribution in [0.3, 0.4) is 0 Å². The number of fused-ring (bicyclic) bond motifs is 1. The van der Waals surface area contributed by atoms with Gasteiger partial charge in [-0.2, -0.15) is 5.10 Å². The highest BCUT2D eigenvalue weighted by atomic mass is 16.5. The minimum absolute atomic E-state index is 0.0725. The van der Waals surface area contributed by atoms with Gasteiger partial charge in [0.1, 0.15) is 23.3 Å². The third-order valence-corrected chi connectivity index (χ3v) is 5.44. The minimum Gasteiger partial charge on any atom is -0.378 e. The molecule has 2 aliphatic heterocycles. The number of nitrogens with zero attached hydrogens (tertiary/aromatic N) is 6. The van der Waals surface area contributed by atoms with Crippen molar-refractivity contribution in [3.05, 3.63) is 48.0 Å². The summed E-state index contributed by atoms with van der Waals surface area (Å²) in [6, 6.07) is 7.86. The molecule has 0 aromatic carbocycles. The zero-order chi connectivity index (χ0) is 19.8. The second-order valence-electron chi connectivity index (χ2n) is 7.36. The van der Waals surface area contributed by atoms with Gasteiger partial charge in [0.15, 0.2) is 0 Å². The number of carbonyl (C=O) groups is 1. The Kier molecular flexibility index (Phi) is 4.69. The molecule has 5 heterocycles. The first-order valence-corrected chi connectivity index (χ1v) is 9.90. The average Bonchev–Trinajstić information content (AvgIpc) is 3.40. The summed E-state index contributed by atoms with van der Waals surface area (Å²) in [5.41, 5.74) is 2.17. The molecule has 3 aromatic heterocycles. The first-order valence-electron chi connectivity index (χ1n) is 9.90. The van der Waals surface area contributed by atoms with E-state index in [9.17, 15) is 4.79 Å². The maximum Gasteiger partial charge on any atom is 0.274 e. The summed E-state index contributed by atoms with van der Waals surface area (Å²) in [7, 11) is 1.81. The van der Waals surface area contributed by atoms with E-state index in [1.807, 2.05) is 25.4 Å². The summed E-state index contributed by atoms with van der Waals surface area (Å²) in [5, 5.41) is 4.23. The number of hydrogen-bond donors (Lipinski definition) is 0. The third kappa shape index (κ3) is 3.47. The Morgan fingerprint density at radius 2 is 2.00 bits per heavy atom. The molecule has 3 aromatic rings. The number of aryl methyl sites for hydroxylation is 1. The Morgan fingerprint density at radius 3 is 2.79 bits per heavy atom. The van der Waals surface area contributed by atoms with Crippen molar-refractivity contribution in [3.8, 4) is 0 Å². The van der Waals surface area contributed by atoms with E-state index in [2.05, 4.69) is 20.5 Å². The molecule has 2 fully saturated rings. The van der Waals surface area contributed by atoms with E-state index >= 15 is 0 Å². The van der Waals surface area contributed by atoms with Gasteiger partial charge in [0, 0.05) is 39.1 Å². The van der Waals surface area contributed by atoms with E-state index in [0.29, 0.717) is 25.4 Å². The van der Waals surface area contributed by atoms with Crippen molar-refractivity contribution in [1.82, 2.24) is 24.1 Å². The van der Waals surface area contributed by atoms with Crippen molar-refractivity contribution in [2.45, 2.75) is 6.10 Å². The smallest absolute Gasteiger partial charge is 0.274 e. The lowest BCUT2D eigenvalue weighted by atomic mass is 10.2. The van der Waals surface area contributed by atoms with E-state index in [4.69, 9.17) is 14.5 Å². The van der Waals surface area contributed by atoms with Crippen molar-refractivity contribution in [3.63, 3.8) is 0 Å². The number of carbonyl (C=O) groups excluding carboxylic acids is 1. The number of morpholine rings is 2. The normalized spacial score (nSPS) is 20.4. The second-order valence-corrected chi connectivity index (χ2v) is 7.36. The maximum atomic E-state index is 12.8. The van der Waals surface area contributed by atoms with Gasteiger partial charge in [-0.15, -0.1) is 0 Å². The van der Waals surface area contributed by atoms with Crippen LogP contribution in [0.5, 0.6) is 0 Å². The van der Waals surface area contributed by atoms with Gasteiger partial charge in [-0.25, -0.2) is 4.98 Å². The highest BCUT2D eigenvalue weighted by Gasteiger charge is 2.29. The molecule has 1 atom stereocenters. The molecule has 0 N–H and O–H groups in total. The first-order chi connectivity index (χ1) is 14.2. The van der Waals surface area contributed by atoms with Crippen LogP contribution in [0.2, 0.25) is 0 Å². The Morgan fingerprint density at radius 1 is 1.14 bits per heavy atom. The topological polar surface area (TPSA) is 77.1 Å². The molecule has 0 radical (unpaired) electrons. The fraction of sp³-hybridized carbons (Fsp3) is 0.450. The van der Waals surface area contributed by atoms with Crippen LogP contribution in [0.15, 0.2) is 36.7 Å². The lowest BCUT2D eigenvalue weighted by molar-refractivity contribution is -0.0247. The zero-order valence-corrected chi connectivity index (χ0v) is 16.4. The SMILES string of the molecule is Cn1ccc(C(=O)N2CCO[C@@H](c3cn4c(N5CCOCC5)cccc4n3)C2)n1. The Labute approximate surface area is 168 Å². The number of ether oxygens (including phenoxy) is 2. The summed E-state index contributed by atoms with van der Waals surface area (Å²) < 4.78 is 15.2. The molecule has 9 nitrogen and oxygen atoms in total. The van der Waals surface area contributed by atoms with Gasteiger partial charge < -0.3 is 19.3 Å². The first kappa shape index (κ1) is 18.1. The molecule has 0 spiro atoms. The molecular formula is C20H24N6O3. The molecule has 152 valence electrons. The number of imidazole rings is 1. The van der Waals surface area contributed by atoms with Gasteiger partial charge in [-0.3, -0.25) is 13.9 Å². The molecule has 0 aliphatic carbocycles. The van der Waals surface area contributed by atoms with Crippen LogP contribution in [-0.2, 0) is 16.5 Å². The molecule has 5 rings (SSSR count). The number of anilines is 1. The van der Waals surface area contributed by atoms with E-state index in [1.165, 1.54) is 0 Å². The maximum absolute atomic E-state index is 12.8. The van der Waals surface area contributed by atoms with Gasteiger partial charge in [0.25, 0.3) is 5.91 Å². The lowest BCUT2D eigenvalue weighted by Gasteiger charge is -2.31. The molecule has 0 unspecified atom stereocenters. The molecule has 0 bridgehead atoms. The quantitative estimate of drug-likeness (QED) is 0.660. The van der Waals surface area contributed by atoms with Gasteiger partial charge >= 0.3 is 0 Å². The summed E-state index contributed by atoms with van der Waals surface area (Å²) in [4.78, 5) is 21.7. The second kappa shape index (κ2) is 7.49. The van der Waals surface area contributed by atoms with Crippen LogP contribution in [0, 0.1) is 0 Å². The molecule has 9 heteroatoms. The van der Waals surface area contributed by atoms with Crippen LogP contribution < -0.4 is 4.90 Å².